The molecule has 1 rings (SSSR count). The Labute approximate surface area is 106 Å². The lowest BCUT2D eigenvalue weighted by molar-refractivity contribution is 0.316. The van der Waals surface area contributed by atoms with Gasteiger partial charge in [-0.2, -0.15) is 0 Å². The molecule has 0 fully saturated rings. The first kappa shape index (κ1) is 13.7. The van der Waals surface area contributed by atoms with Crippen molar-refractivity contribution in [2.24, 2.45) is 0 Å². The van der Waals surface area contributed by atoms with Crippen molar-refractivity contribution < 1.29 is 17.5 Å². The highest BCUT2D eigenvalue weighted by atomic mass is 79.9. The van der Waals surface area contributed by atoms with E-state index >= 15 is 0 Å². The molecule has 0 aliphatic carbocycles. The van der Waals surface area contributed by atoms with Gasteiger partial charge in [0.25, 0.3) is 0 Å². The van der Waals surface area contributed by atoms with Crippen LogP contribution in [0.15, 0.2) is 22.7 Å². The van der Waals surface area contributed by atoms with Crippen LogP contribution in [0.1, 0.15) is 6.42 Å². The third-order valence-electron chi connectivity index (χ3n) is 1.69. The van der Waals surface area contributed by atoms with Gasteiger partial charge in [-0.1, -0.05) is 0 Å². The standard InChI is InChI=1S/C9H9BrClFO3S/c10-8-3-2-7(6-9(8)12)15-4-1-5-16(11,13)14/h2-3,6H,1,4-5H2. The van der Waals surface area contributed by atoms with Gasteiger partial charge >= 0.3 is 0 Å². The summed E-state index contributed by atoms with van der Waals surface area (Å²) < 4.78 is 39.7. The fraction of sp³-hybridized carbons (Fsp3) is 0.333. The van der Waals surface area contributed by atoms with Crippen molar-refractivity contribution in [3.63, 3.8) is 0 Å². The summed E-state index contributed by atoms with van der Waals surface area (Å²) in [7, 11) is 1.53. The number of hydrogen-bond acceptors (Lipinski definition) is 3. The summed E-state index contributed by atoms with van der Waals surface area (Å²) in [4.78, 5) is 0. The summed E-state index contributed by atoms with van der Waals surface area (Å²) in [5, 5.41) is 0. The van der Waals surface area contributed by atoms with Crippen LogP contribution in [0.3, 0.4) is 0 Å². The van der Waals surface area contributed by atoms with E-state index in [1.807, 2.05) is 0 Å². The summed E-state index contributed by atoms with van der Waals surface area (Å²) in [5.41, 5.74) is 0. The number of halogens is 3. The van der Waals surface area contributed by atoms with Gasteiger partial charge in [0, 0.05) is 16.7 Å². The van der Waals surface area contributed by atoms with Gasteiger partial charge in [-0.15, -0.1) is 0 Å². The van der Waals surface area contributed by atoms with Crippen LogP contribution < -0.4 is 4.74 Å². The molecule has 16 heavy (non-hydrogen) atoms. The molecule has 0 heterocycles. The van der Waals surface area contributed by atoms with Crippen molar-refractivity contribution in [1.29, 1.82) is 0 Å². The van der Waals surface area contributed by atoms with Crippen molar-refractivity contribution in [2.45, 2.75) is 6.42 Å². The van der Waals surface area contributed by atoms with Crippen LogP contribution >= 0.6 is 26.6 Å². The molecule has 0 bridgehead atoms. The second-order valence-corrected chi connectivity index (χ2v) is 6.77. The van der Waals surface area contributed by atoms with Crippen molar-refractivity contribution in [2.75, 3.05) is 12.4 Å². The number of ether oxygens (including phenoxy) is 1. The highest BCUT2D eigenvalue weighted by molar-refractivity contribution is 9.10. The fourth-order valence-corrected chi connectivity index (χ4v) is 2.02. The van der Waals surface area contributed by atoms with Crippen molar-refractivity contribution >= 4 is 35.7 Å². The quantitative estimate of drug-likeness (QED) is 0.615. The molecule has 0 amide bonds. The zero-order valence-corrected chi connectivity index (χ0v) is 11.3. The summed E-state index contributed by atoms with van der Waals surface area (Å²) in [6.07, 6.45) is 0.267. The maximum Gasteiger partial charge on any atom is 0.232 e. The molecule has 0 radical (unpaired) electrons. The minimum atomic E-state index is -3.48. The van der Waals surface area contributed by atoms with Crippen LogP contribution in [0.2, 0.25) is 0 Å². The average Bonchev–Trinajstić information content (AvgIpc) is 2.17. The minimum Gasteiger partial charge on any atom is -0.493 e. The predicted octanol–water partition coefficient (Wildman–Crippen LogP) is 2.93. The second-order valence-electron chi connectivity index (χ2n) is 3.02. The number of rotatable bonds is 5. The first-order valence-corrected chi connectivity index (χ1v) is 7.66. The van der Waals surface area contributed by atoms with Crippen LogP contribution in [0.5, 0.6) is 5.75 Å². The Morgan fingerprint density at radius 1 is 1.44 bits per heavy atom. The van der Waals surface area contributed by atoms with E-state index in [1.165, 1.54) is 12.1 Å². The summed E-state index contributed by atoms with van der Waals surface area (Å²) in [6, 6.07) is 4.32. The van der Waals surface area contributed by atoms with E-state index in [1.54, 1.807) is 6.07 Å². The van der Waals surface area contributed by atoms with Gasteiger partial charge < -0.3 is 4.74 Å². The highest BCUT2D eigenvalue weighted by Crippen LogP contribution is 2.20. The molecule has 1 aromatic rings. The zero-order valence-electron chi connectivity index (χ0n) is 8.12. The molecule has 7 heteroatoms. The maximum atomic E-state index is 13.0. The molecule has 0 aliphatic heterocycles. The predicted molar refractivity (Wildman–Crippen MR) is 63.9 cm³/mol. The molecule has 0 unspecified atom stereocenters. The van der Waals surface area contributed by atoms with Crippen LogP contribution in [-0.2, 0) is 9.05 Å². The Morgan fingerprint density at radius 3 is 2.69 bits per heavy atom. The SMILES string of the molecule is O=S(=O)(Cl)CCCOc1ccc(Br)c(F)c1. The van der Waals surface area contributed by atoms with E-state index in [9.17, 15) is 12.8 Å². The molecule has 3 nitrogen and oxygen atoms in total. The molecule has 0 aliphatic rings. The second kappa shape index (κ2) is 5.84. The van der Waals surface area contributed by atoms with E-state index in [0.29, 0.717) is 10.2 Å². The van der Waals surface area contributed by atoms with Crippen LogP contribution in [0.25, 0.3) is 0 Å². The third kappa shape index (κ3) is 5.14. The normalized spacial score (nSPS) is 11.4. The van der Waals surface area contributed by atoms with Gasteiger partial charge in [-0.05, 0) is 34.5 Å². The summed E-state index contributed by atoms with van der Waals surface area (Å²) in [6.45, 7) is 0.174. The first-order valence-electron chi connectivity index (χ1n) is 4.39. The van der Waals surface area contributed by atoms with E-state index in [-0.39, 0.29) is 18.8 Å². The molecule has 90 valence electrons. The van der Waals surface area contributed by atoms with E-state index in [2.05, 4.69) is 15.9 Å². The van der Waals surface area contributed by atoms with E-state index in [4.69, 9.17) is 15.4 Å². The minimum absolute atomic E-state index is 0.159. The molecule has 0 spiro atoms. The van der Waals surface area contributed by atoms with E-state index in [0.717, 1.165) is 0 Å². The topological polar surface area (TPSA) is 43.4 Å². The van der Waals surface area contributed by atoms with Crippen LogP contribution in [0.4, 0.5) is 4.39 Å². The van der Waals surface area contributed by atoms with Crippen LogP contribution in [0, 0.1) is 5.82 Å². The van der Waals surface area contributed by atoms with Crippen LogP contribution in [-0.4, -0.2) is 20.8 Å². The van der Waals surface area contributed by atoms with Gasteiger partial charge in [0.1, 0.15) is 11.6 Å². The van der Waals surface area contributed by atoms with Gasteiger partial charge in [-0.25, -0.2) is 12.8 Å². The number of hydrogen-bond donors (Lipinski definition) is 0. The molecular formula is C9H9BrClFO3S. The van der Waals surface area contributed by atoms with Gasteiger partial charge in [0.05, 0.1) is 16.8 Å². The van der Waals surface area contributed by atoms with Crippen molar-refractivity contribution in [3.8, 4) is 5.75 Å². The maximum absolute atomic E-state index is 13.0. The smallest absolute Gasteiger partial charge is 0.232 e. The first-order chi connectivity index (χ1) is 7.38. The molecule has 0 aromatic heterocycles. The Bertz CT molecular complexity index is 464. The summed E-state index contributed by atoms with van der Waals surface area (Å²) in [5.74, 6) is -0.233. The Morgan fingerprint density at radius 2 is 2.12 bits per heavy atom. The lowest BCUT2D eigenvalue weighted by atomic mass is 10.3. The average molecular weight is 332 g/mol. The zero-order chi connectivity index (χ0) is 12.2. The number of benzene rings is 1. The monoisotopic (exact) mass is 330 g/mol. The fourth-order valence-electron chi connectivity index (χ4n) is 0.988. The molecule has 0 N–H and O–H groups in total. The molecule has 0 saturated heterocycles. The molecular weight excluding hydrogens is 323 g/mol. The lowest BCUT2D eigenvalue weighted by Crippen LogP contribution is -2.04. The summed E-state index contributed by atoms with van der Waals surface area (Å²) >= 11 is 3.01. The van der Waals surface area contributed by atoms with Crippen molar-refractivity contribution in [1.82, 2.24) is 0 Å². The third-order valence-corrected chi connectivity index (χ3v) is 3.57. The Kier molecular flexibility index (Phi) is 5.01. The van der Waals surface area contributed by atoms with Gasteiger partial charge in [0.15, 0.2) is 0 Å². The largest absolute Gasteiger partial charge is 0.493 e. The van der Waals surface area contributed by atoms with Crippen molar-refractivity contribution in [3.05, 3.63) is 28.5 Å². The highest BCUT2D eigenvalue weighted by Gasteiger charge is 2.05. The van der Waals surface area contributed by atoms with Gasteiger partial charge in [-0.3, -0.25) is 0 Å². The molecule has 0 saturated carbocycles. The lowest BCUT2D eigenvalue weighted by Gasteiger charge is -2.05. The molecule has 0 atom stereocenters. The molecule has 1 aromatic carbocycles. The van der Waals surface area contributed by atoms with E-state index < -0.39 is 14.9 Å². The van der Waals surface area contributed by atoms with Gasteiger partial charge in [0.2, 0.25) is 9.05 Å². The Hall–Kier alpha value is -0.330. The Balaban J connectivity index is 2.41.